The lowest BCUT2D eigenvalue weighted by molar-refractivity contribution is -0.123. The topological polar surface area (TPSA) is 64.3 Å². The maximum atomic E-state index is 12.2. The second-order valence-electron chi connectivity index (χ2n) is 4.72. The van der Waals surface area contributed by atoms with Crippen molar-refractivity contribution in [3.8, 4) is 5.75 Å². The van der Waals surface area contributed by atoms with E-state index >= 15 is 0 Å². The fourth-order valence-corrected chi connectivity index (χ4v) is 3.01. The molecule has 3 N–H and O–H groups in total. The van der Waals surface area contributed by atoms with Crippen LogP contribution >= 0.6 is 11.8 Å². The summed E-state index contributed by atoms with van der Waals surface area (Å²) in [6.45, 7) is 2.07. The lowest BCUT2D eigenvalue weighted by Crippen LogP contribution is -2.30. The van der Waals surface area contributed by atoms with Crippen LogP contribution in [0.5, 0.6) is 5.75 Å². The summed E-state index contributed by atoms with van der Waals surface area (Å²) >= 11 is 1.65. The number of nitrogens with two attached hydrogens (primary N) is 1. The third-order valence-corrected chi connectivity index (χ3v) is 4.21. The van der Waals surface area contributed by atoms with Gasteiger partial charge in [-0.2, -0.15) is 0 Å². The Balaban J connectivity index is 1.96. The van der Waals surface area contributed by atoms with Gasteiger partial charge in [-0.25, -0.2) is 0 Å². The van der Waals surface area contributed by atoms with Crippen molar-refractivity contribution < 1.29 is 9.53 Å². The van der Waals surface area contributed by atoms with Crippen molar-refractivity contribution in [3.05, 3.63) is 48.0 Å². The molecule has 1 heterocycles. The van der Waals surface area contributed by atoms with Crippen LogP contribution in [0.2, 0.25) is 0 Å². The first kappa shape index (κ1) is 13.8. The minimum atomic E-state index is -0.623. The van der Waals surface area contributed by atoms with Crippen molar-refractivity contribution in [2.75, 3.05) is 16.8 Å². The number of amides is 1. The molecule has 1 atom stereocenters. The Hall–Kier alpha value is -2.14. The van der Waals surface area contributed by atoms with Crippen LogP contribution in [0.3, 0.4) is 0 Å². The minimum Gasteiger partial charge on any atom is -0.474 e. The van der Waals surface area contributed by atoms with Crippen molar-refractivity contribution >= 4 is 29.0 Å². The second-order valence-corrected chi connectivity index (χ2v) is 6.02. The van der Waals surface area contributed by atoms with E-state index in [9.17, 15) is 4.79 Å². The zero-order valence-corrected chi connectivity index (χ0v) is 12.4. The second kappa shape index (κ2) is 5.69. The number of carbonyl (C=O) groups excluding carboxylic acids is 1. The molecule has 0 bridgehead atoms. The molecule has 0 radical (unpaired) electrons. The molecule has 2 aromatic carbocycles. The van der Waals surface area contributed by atoms with Gasteiger partial charge in [0.2, 0.25) is 6.10 Å². The van der Waals surface area contributed by atoms with E-state index < -0.39 is 6.10 Å². The van der Waals surface area contributed by atoms with Crippen LogP contribution in [-0.2, 0) is 4.79 Å². The van der Waals surface area contributed by atoms with E-state index in [0.29, 0.717) is 17.1 Å². The third-order valence-electron chi connectivity index (χ3n) is 3.25. The first-order chi connectivity index (χ1) is 10.2. The predicted octanol–water partition coefficient (Wildman–Crippen LogP) is 3.45. The molecular weight excluding hydrogens is 284 g/mol. The highest BCUT2D eigenvalue weighted by atomic mass is 32.2. The van der Waals surface area contributed by atoms with E-state index in [0.717, 1.165) is 16.2 Å². The van der Waals surface area contributed by atoms with Gasteiger partial charge in [-0.05, 0) is 17.9 Å². The van der Waals surface area contributed by atoms with Gasteiger partial charge in [0.15, 0.2) is 0 Å². The van der Waals surface area contributed by atoms with Gasteiger partial charge in [-0.3, -0.25) is 4.79 Å². The highest BCUT2D eigenvalue weighted by Crippen LogP contribution is 2.40. The lowest BCUT2D eigenvalue weighted by Gasteiger charge is -2.27. The monoisotopic (exact) mass is 300 g/mol. The molecular formula is C16H16N2O2S. The quantitative estimate of drug-likeness (QED) is 0.673. The number of ether oxygens (including phenoxy) is 1. The molecule has 1 unspecified atom stereocenters. The summed E-state index contributed by atoms with van der Waals surface area (Å²) in [5.74, 6) is 1.41. The van der Waals surface area contributed by atoms with Crippen molar-refractivity contribution in [3.63, 3.8) is 0 Å². The molecule has 3 rings (SSSR count). The number of anilines is 2. The van der Waals surface area contributed by atoms with Gasteiger partial charge >= 0.3 is 0 Å². The largest absolute Gasteiger partial charge is 0.474 e. The van der Waals surface area contributed by atoms with E-state index in [4.69, 9.17) is 10.5 Å². The van der Waals surface area contributed by atoms with Crippen LogP contribution in [0.1, 0.15) is 18.6 Å². The zero-order chi connectivity index (χ0) is 14.8. The number of hydrogen-bond donors (Lipinski definition) is 2. The normalized spacial score (nSPS) is 16.8. The van der Waals surface area contributed by atoms with Gasteiger partial charge in [0.25, 0.3) is 5.91 Å². The number of thioether (sulfide) groups is 1. The summed E-state index contributed by atoms with van der Waals surface area (Å²) < 4.78 is 5.89. The minimum absolute atomic E-state index is 0.177. The Kier molecular flexibility index (Phi) is 3.75. The number of benzene rings is 2. The van der Waals surface area contributed by atoms with Crippen LogP contribution in [0, 0.1) is 0 Å². The summed E-state index contributed by atoms with van der Waals surface area (Å²) in [5, 5.41) is 2.87. The van der Waals surface area contributed by atoms with Gasteiger partial charge in [0, 0.05) is 16.1 Å². The van der Waals surface area contributed by atoms with Crippen LogP contribution in [0.25, 0.3) is 0 Å². The first-order valence-electron chi connectivity index (χ1n) is 6.78. The Morgan fingerprint density at radius 2 is 2.05 bits per heavy atom. The molecule has 21 heavy (non-hydrogen) atoms. The molecule has 5 heteroatoms. The zero-order valence-electron chi connectivity index (χ0n) is 11.6. The summed E-state index contributed by atoms with van der Waals surface area (Å²) in [6.07, 6.45) is -0.623. The van der Waals surface area contributed by atoms with E-state index in [1.54, 1.807) is 17.8 Å². The van der Waals surface area contributed by atoms with E-state index in [1.165, 1.54) is 0 Å². The Morgan fingerprint density at radius 1 is 1.29 bits per heavy atom. The molecule has 4 nitrogen and oxygen atoms in total. The van der Waals surface area contributed by atoms with Crippen molar-refractivity contribution in [2.45, 2.75) is 17.9 Å². The predicted molar refractivity (Wildman–Crippen MR) is 85.7 cm³/mol. The molecule has 2 aromatic rings. The molecule has 108 valence electrons. The standard InChI is InChI=1S/C16H16N2O2S/c1-2-21-14-9-13-12(8-11(14)17)18-16(19)15(20-13)10-6-4-3-5-7-10/h3-9,15H,2,17H2,1H3,(H,18,19). The average Bonchev–Trinajstić information content (AvgIpc) is 2.49. The maximum Gasteiger partial charge on any atom is 0.270 e. The van der Waals surface area contributed by atoms with Gasteiger partial charge in [-0.1, -0.05) is 37.3 Å². The van der Waals surface area contributed by atoms with E-state index in [-0.39, 0.29) is 5.91 Å². The molecule has 0 spiro atoms. The third kappa shape index (κ3) is 2.69. The summed E-state index contributed by atoms with van der Waals surface area (Å²) in [4.78, 5) is 13.2. The Labute approximate surface area is 127 Å². The van der Waals surface area contributed by atoms with E-state index in [1.807, 2.05) is 36.4 Å². The fourth-order valence-electron chi connectivity index (χ4n) is 2.28. The molecule has 0 saturated heterocycles. The Morgan fingerprint density at radius 3 is 2.76 bits per heavy atom. The van der Waals surface area contributed by atoms with Gasteiger partial charge in [-0.15, -0.1) is 11.8 Å². The summed E-state index contributed by atoms with van der Waals surface area (Å²) in [5.41, 5.74) is 8.11. The summed E-state index contributed by atoms with van der Waals surface area (Å²) in [7, 11) is 0. The molecule has 0 saturated carbocycles. The maximum absolute atomic E-state index is 12.2. The number of hydrogen-bond acceptors (Lipinski definition) is 4. The number of fused-ring (bicyclic) bond motifs is 1. The van der Waals surface area contributed by atoms with Crippen molar-refractivity contribution in [1.82, 2.24) is 0 Å². The first-order valence-corrected chi connectivity index (χ1v) is 7.76. The van der Waals surface area contributed by atoms with Crippen LogP contribution in [-0.4, -0.2) is 11.7 Å². The SMILES string of the molecule is CCSc1cc2c(cc1N)NC(=O)C(c1ccccc1)O2. The van der Waals surface area contributed by atoms with Gasteiger partial charge in [0.05, 0.1) is 5.69 Å². The fraction of sp³-hybridized carbons (Fsp3) is 0.188. The lowest BCUT2D eigenvalue weighted by atomic mass is 10.1. The van der Waals surface area contributed by atoms with Crippen molar-refractivity contribution in [2.24, 2.45) is 0 Å². The van der Waals surface area contributed by atoms with Crippen LogP contribution in [0.15, 0.2) is 47.4 Å². The number of nitrogen functional groups attached to an aromatic ring is 1. The smallest absolute Gasteiger partial charge is 0.270 e. The average molecular weight is 300 g/mol. The van der Waals surface area contributed by atoms with Crippen molar-refractivity contribution in [1.29, 1.82) is 0 Å². The number of nitrogens with one attached hydrogen (secondary N) is 1. The van der Waals surface area contributed by atoms with Crippen LogP contribution < -0.4 is 15.8 Å². The molecule has 1 aliphatic rings. The van der Waals surface area contributed by atoms with Gasteiger partial charge < -0.3 is 15.8 Å². The Bertz CT molecular complexity index is 673. The highest BCUT2D eigenvalue weighted by Gasteiger charge is 2.29. The molecule has 0 aliphatic carbocycles. The summed E-state index contributed by atoms with van der Waals surface area (Å²) in [6, 6.07) is 13.1. The molecule has 0 aromatic heterocycles. The molecule has 1 amide bonds. The number of rotatable bonds is 3. The number of carbonyl (C=O) groups is 1. The molecule has 1 aliphatic heterocycles. The molecule has 0 fully saturated rings. The highest BCUT2D eigenvalue weighted by molar-refractivity contribution is 7.99. The van der Waals surface area contributed by atoms with Gasteiger partial charge in [0.1, 0.15) is 5.75 Å². The van der Waals surface area contributed by atoms with Crippen LogP contribution in [0.4, 0.5) is 11.4 Å². The van der Waals surface area contributed by atoms with E-state index in [2.05, 4.69) is 12.2 Å².